The number of hydrogen-bond donors (Lipinski definition) is 1. The van der Waals surface area contributed by atoms with Gasteiger partial charge in [0.2, 0.25) is 0 Å². The molecule has 0 spiro atoms. The zero-order chi connectivity index (χ0) is 8.59. The van der Waals surface area contributed by atoms with E-state index < -0.39 is 10.9 Å². The molecule has 0 atom stereocenters. The van der Waals surface area contributed by atoms with Crippen LogP contribution in [0.2, 0.25) is 1.41 Å². The molecule has 0 aliphatic carbocycles. The number of imidazole rings is 1. The average Bonchev–Trinajstić information content (AvgIpc) is 2.17. The van der Waals surface area contributed by atoms with Crippen LogP contribution in [0.25, 0.3) is 0 Å². The highest BCUT2D eigenvalue weighted by Gasteiger charge is 2.11. The molecule has 0 aromatic carbocycles. The van der Waals surface area contributed by atoms with E-state index in [1.54, 1.807) is 13.8 Å². The van der Waals surface area contributed by atoms with Crippen molar-refractivity contribution in [3.8, 4) is 0 Å². The van der Waals surface area contributed by atoms with Crippen LogP contribution in [0.15, 0.2) is 0 Å². The van der Waals surface area contributed by atoms with Gasteiger partial charge in [0.25, 0.3) is 1.41 Å². The van der Waals surface area contributed by atoms with Crippen LogP contribution in [0.4, 0.5) is 5.95 Å². The van der Waals surface area contributed by atoms with Gasteiger partial charge in [-0.2, -0.15) is 0 Å². The number of nitrogens with one attached hydrogen (secondary N) is 1. The molecule has 0 aliphatic heterocycles. The Bertz CT molecular complexity index is 307. The second kappa shape index (κ2) is 2.09. The van der Waals surface area contributed by atoms with Crippen LogP contribution in [-0.4, -0.2) is 14.9 Å². The lowest BCUT2D eigenvalue weighted by atomic mass is 10.4. The SMILES string of the molecule is [2H]n1c([N+](=O)[O-])nc(C)c1C. The lowest BCUT2D eigenvalue weighted by Crippen LogP contribution is -1.89. The summed E-state index contributed by atoms with van der Waals surface area (Å²) in [7, 11) is 0. The lowest BCUT2D eigenvalue weighted by molar-refractivity contribution is -0.393. The molecule has 1 N–H and O–H groups in total. The summed E-state index contributed by atoms with van der Waals surface area (Å²) in [5.41, 5.74) is 1.02. The van der Waals surface area contributed by atoms with E-state index in [1.165, 1.54) is 0 Å². The third kappa shape index (κ3) is 0.975. The van der Waals surface area contributed by atoms with Crippen LogP contribution in [0.1, 0.15) is 11.4 Å². The minimum atomic E-state index is -0.674. The van der Waals surface area contributed by atoms with Crippen molar-refractivity contribution in [2.45, 2.75) is 13.8 Å². The van der Waals surface area contributed by atoms with Crippen molar-refractivity contribution in [2.75, 3.05) is 0 Å². The van der Waals surface area contributed by atoms with Crippen molar-refractivity contribution in [3.63, 3.8) is 0 Å². The van der Waals surface area contributed by atoms with E-state index in [2.05, 4.69) is 4.98 Å². The first-order chi connectivity index (χ1) is 5.04. The Kier molecular flexibility index (Phi) is 1.13. The van der Waals surface area contributed by atoms with Gasteiger partial charge < -0.3 is 10.1 Å². The van der Waals surface area contributed by atoms with E-state index in [9.17, 15) is 10.1 Å². The second-order valence-corrected chi connectivity index (χ2v) is 1.95. The molecule has 0 aliphatic rings. The highest BCUT2D eigenvalue weighted by atomic mass is 16.6. The molecule has 5 heteroatoms. The number of aromatic nitrogens is 2. The fourth-order valence-corrected chi connectivity index (χ4v) is 0.568. The van der Waals surface area contributed by atoms with E-state index in [0.29, 0.717) is 11.4 Å². The molecule has 5 nitrogen and oxygen atoms in total. The van der Waals surface area contributed by atoms with Gasteiger partial charge in [0, 0.05) is 0 Å². The van der Waals surface area contributed by atoms with Gasteiger partial charge in [-0.15, -0.1) is 0 Å². The molecule has 0 amide bonds. The zero-order valence-corrected chi connectivity index (χ0v) is 5.66. The molecule has 1 heterocycles. The maximum atomic E-state index is 10.2. The molecule has 0 bridgehead atoms. The van der Waals surface area contributed by atoms with Gasteiger partial charge in [0.1, 0.15) is 5.69 Å². The predicted molar refractivity (Wildman–Crippen MR) is 34.7 cm³/mol. The Labute approximate surface area is 58.7 Å². The average molecular weight is 142 g/mol. The van der Waals surface area contributed by atoms with Crippen molar-refractivity contribution in [3.05, 3.63) is 21.5 Å². The first kappa shape index (κ1) is 5.40. The van der Waals surface area contributed by atoms with Gasteiger partial charge in [0.05, 0.1) is 0 Å². The van der Waals surface area contributed by atoms with Crippen molar-refractivity contribution < 1.29 is 6.34 Å². The molecule has 1 aromatic heterocycles. The Morgan fingerprint density at radius 1 is 1.80 bits per heavy atom. The van der Waals surface area contributed by atoms with Gasteiger partial charge in [-0.1, -0.05) is 4.98 Å². The Morgan fingerprint density at radius 2 is 2.40 bits per heavy atom. The van der Waals surface area contributed by atoms with E-state index in [4.69, 9.17) is 1.41 Å². The maximum Gasteiger partial charge on any atom is 0.432 e. The largest absolute Gasteiger partial charge is 0.432 e. The van der Waals surface area contributed by atoms with E-state index in [-0.39, 0.29) is 0 Å². The normalized spacial score (nSPS) is 11.2. The highest BCUT2D eigenvalue weighted by Crippen LogP contribution is 2.08. The number of aryl methyl sites for hydroxylation is 1. The van der Waals surface area contributed by atoms with Crippen molar-refractivity contribution in [1.29, 1.82) is 0 Å². The first-order valence-corrected chi connectivity index (χ1v) is 2.73. The van der Waals surface area contributed by atoms with Crippen LogP contribution in [0.5, 0.6) is 0 Å². The monoisotopic (exact) mass is 142 g/mol. The van der Waals surface area contributed by atoms with Gasteiger partial charge in [0.15, 0.2) is 5.69 Å². The summed E-state index contributed by atoms with van der Waals surface area (Å²) in [4.78, 5) is 13.8. The summed E-state index contributed by atoms with van der Waals surface area (Å²) in [5, 5.41) is 10.2. The minimum Gasteiger partial charge on any atom is -0.390 e. The molecule has 54 valence electrons. The van der Waals surface area contributed by atoms with E-state index in [0.717, 1.165) is 4.98 Å². The molecule has 0 fully saturated rings. The third-order valence-corrected chi connectivity index (χ3v) is 1.22. The van der Waals surface area contributed by atoms with Crippen LogP contribution < -0.4 is 0 Å². The van der Waals surface area contributed by atoms with Crippen LogP contribution in [-0.2, 0) is 0 Å². The Hall–Kier alpha value is -1.39. The van der Waals surface area contributed by atoms with E-state index in [1.807, 2.05) is 0 Å². The number of nitrogens with zero attached hydrogens (tertiary/aromatic N) is 2. The Morgan fingerprint density at radius 3 is 2.60 bits per heavy atom. The summed E-state index contributed by atoms with van der Waals surface area (Å²) in [6.45, 7) is 3.25. The number of aromatic amines is 1. The number of hydrogen-bond acceptors (Lipinski definition) is 3. The molecule has 10 heavy (non-hydrogen) atoms. The maximum absolute atomic E-state index is 10.2. The second-order valence-electron chi connectivity index (χ2n) is 1.95. The Balaban J connectivity index is 3.29. The topological polar surface area (TPSA) is 71.8 Å². The minimum absolute atomic E-state index is 0.431. The molecule has 0 unspecified atom stereocenters. The van der Waals surface area contributed by atoms with E-state index >= 15 is 0 Å². The van der Waals surface area contributed by atoms with Crippen LogP contribution in [0, 0.1) is 24.0 Å². The zero-order valence-electron chi connectivity index (χ0n) is 6.66. The molecular formula is C5H7N3O2. The summed E-state index contributed by atoms with van der Waals surface area (Å²) in [6, 6.07) is 0. The molecule has 1 rings (SSSR count). The summed E-state index contributed by atoms with van der Waals surface area (Å²) in [5.74, 6) is -0.431. The summed E-state index contributed by atoms with van der Waals surface area (Å²) < 4.78 is 7.16. The summed E-state index contributed by atoms with van der Waals surface area (Å²) >= 11 is 0. The number of H-pyrrole nitrogens is 1. The van der Waals surface area contributed by atoms with Crippen molar-refractivity contribution in [2.24, 2.45) is 0 Å². The molecule has 0 saturated heterocycles. The van der Waals surface area contributed by atoms with Gasteiger partial charge in [-0.05, 0) is 18.8 Å². The molecular weight excluding hydrogens is 134 g/mol. The quantitative estimate of drug-likeness (QED) is 0.468. The fraction of sp³-hybridized carbons (Fsp3) is 0.400. The highest BCUT2D eigenvalue weighted by molar-refractivity contribution is 5.17. The van der Waals surface area contributed by atoms with Gasteiger partial charge in [-0.3, -0.25) is 0 Å². The van der Waals surface area contributed by atoms with Gasteiger partial charge >= 0.3 is 5.95 Å². The van der Waals surface area contributed by atoms with Crippen LogP contribution in [0.3, 0.4) is 0 Å². The van der Waals surface area contributed by atoms with Gasteiger partial charge in [-0.25, -0.2) is 4.98 Å². The standard InChI is InChI=1S/C5H7N3O2/c1-3-4(2)7-5(6-3)8(9)10/h1-2H3,(H,6,7)/i/hD. The van der Waals surface area contributed by atoms with Crippen LogP contribution >= 0.6 is 0 Å². The molecule has 0 radical (unpaired) electrons. The number of nitro groups is 1. The molecule has 1 aromatic rings. The van der Waals surface area contributed by atoms with Crippen molar-refractivity contribution >= 4 is 5.95 Å². The van der Waals surface area contributed by atoms with Crippen molar-refractivity contribution in [1.82, 2.24) is 9.96 Å². The fourth-order valence-electron chi connectivity index (χ4n) is 0.568. The third-order valence-electron chi connectivity index (χ3n) is 1.22. The lowest BCUT2D eigenvalue weighted by Gasteiger charge is -1.84. The predicted octanol–water partition coefficient (Wildman–Crippen LogP) is 0.935. The smallest absolute Gasteiger partial charge is 0.390 e. The number of rotatable bonds is 1. The first-order valence-electron chi connectivity index (χ1n) is 3.18. The summed E-state index contributed by atoms with van der Waals surface area (Å²) in [6.07, 6.45) is 0. The molecule has 0 saturated carbocycles.